The quantitative estimate of drug-likeness (QED) is 0.941. The average molecular weight is 293 g/mol. The summed E-state index contributed by atoms with van der Waals surface area (Å²) in [5, 5.41) is 7.82. The van der Waals surface area contributed by atoms with E-state index in [4.69, 9.17) is 11.6 Å². The molecule has 5 nitrogen and oxygen atoms in total. The highest BCUT2D eigenvalue weighted by atomic mass is 35.5. The first-order chi connectivity index (χ1) is 9.49. The van der Waals surface area contributed by atoms with Gasteiger partial charge in [0.1, 0.15) is 0 Å². The highest BCUT2D eigenvalue weighted by molar-refractivity contribution is 6.34. The van der Waals surface area contributed by atoms with Crippen LogP contribution < -0.4 is 5.32 Å². The normalized spacial score (nSPS) is 10.4. The molecule has 0 unspecified atom stereocenters. The molecule has 0 aliphatic rings. The van der Waals surface area contributed by atoms with Crippen LogP contribution in [0.2, 0.25) is 5.02 Å². The molecule has 0 spiro atoms. The molecule has 0 radical (unpaired) electrons. The van der Waals surface area contributed by atoms with E-state index in [9.17, 15) is 4.79 Å². The van der Waals surface area contributed by atoms with Crippen LogP contribution in [-0.2, 0) is 13.6 Å². The predicted molar refractivity (Wildman–Crippen MR) is 80.0 cm³/mol. The van der Waals surface area contributed by atoms with E-state index in [1.54, 1.807) is 37.1 Å². The molecule has 2 aromatic rings. The van der Waals surface area contributed by atoms with Crippen LogP contribution in [0.25, 0.3) is 0 Å². The van der Waals surface area contributed by atoms with Gasteiger partial charge >= 0.3 is 0 Å². The number of aromatic nitrogens is 2. The number of anilines is 1. The van der Waals surface area contributed by atoms with Gasteiger partial charge in [-0.2, -0.15) is 5.10 Å². The molecule has 1 aromatic carbocycles. The van der Waals surface area contributed by atoms with Crippen molar-refractivity contribution >= 4 is 23.2 Å². The number of benzene rings is 1. The number of aryl methyl sites for hydroxylation is 1. The van der Waals surface area contributed by atoms with Crippen molar-refractivity contribution in [1.82, 2.24) is 14.7 Å². The highest BCUT2D eigenvalue weighted by Gasteiger charge is 2.13. The van der Waals surface area contributed by atoms with Crippen molar-refractivity contribution in [3.63, 3.8) is 0 Å². The Kier molecular flexibility index (Phi) is 4.29. The van der Waals surface area contributed by atoms with Gasteiger partial charge in [-0.1, -0.05) is 11.6 Å². The zero-order valence-corrected chi connectivity index (χ0v) is 12.5. The minimum Gasteiger partial charge on any atom is -0.379 e. The van der Waals surface area contributed by atoms with Crippen LogP contribution in [0.4, 0.5) is 5.69 Å². The fraction of sp³-hybridized carbons (Fsp3) is 0.286. The van der Waals surface area contributed by atoms with Gasteiger partial charge in [-0.25, -0.2) is 0 Å². The zero-order valence-electron chi connectivity index (χ0n) is 11.7. The number of hydrogen-bond acceptors (Lipinski definition) is 3. The number of carbonyl (C=O) groups excluding carboxylic acids is 1. The molecule has 0 aliphatic carbocycles. The molecule has 1 aromatic heterocycles. The Morgan fingerprint density at radius 1 is 1.40 bits per heavy atom. The Labute approximate surface area is 123 Å². The number of nitrogens with one attached hydrogen (secondary N) is 1. The topological polar surface area (TPSA) is 50.2 Å². The van der Waals surface area contributed by atoms with Gasteiger partial charge in [-0.3, -0.25) is 9.48 Å². The Bertz CT molecular complexity index is 621. The third-order valence-electron chi connectivity index (χ3n) is 3.00. The van der Waals surface area contributed by atoms with Gasteiger partial charge in [0, 0.05) is 33.0 Å². The summed E-state index contributed by atoms with van der Waals surface area (Å²) in [5.74, 6) is -0.112. The second kappa shape index (κ2) is 5.96. The van der Waals surface area contributed by atoms with Crippen molar-refractivity contribution < 1.29 is 4.79 Å². The van der Waals surface area contributed by atoms with Crippen LogP contribution in [0.3, 0.4) is 0 Å². The molecule has 20 heavy (non-hydrogen) atoms. The number of hydrogen-bond donors (Lipinski definition) is 1. The molecule has 1 amide bonds. The monoisotopic (exact) mass is 292 g/mol. The number of rotatable bonds is 4. The lowest BCUT2D eigenvalue weighted by molar-refractivity contribution is 0.0828. The van der Waals surface area contributed by atoms with E-state index in [1.165, 1.54) is 4.90 Å². The molecule has 106 valence electrons. The van der Waals surface area contributed by atoms with Crippen LogP contribution in [0, 0.1) is 0 Å². The second-order valence-electron chi connectivity index (χ2n) is 4.69. The molecule has 0 atom stereocenters. The van der Waals surface area contributed by atoms with Gasteiger partial charge in [-0.15, -0.1) is 0 Å². The lowest BCUT2D eigenvalue weighted by atomic mass is 10.1. The van der Waals surface area contributed by atoms with Gasteiger partial charge in [0.2, 0.25) is 0 Å². The summed E-state index contributed by atoms with van der Waals surface area (Å²) < 4.78 is 1.80. The van der Waals surface area contributed by atoms with Crippen LogP contribution in [0.1, 0.15) is 16.1 Å². The first-order valence-electron chi connectivity index (χ1n) is 6.21. The van der Waals surface area contributed by atoms with Crippen molar-refractivity contribution in [2.75, 3.05) is 19.4 Å². The van der Waals surface area contributed by atoms with E-state index in [0.29, 0.717) is 17.1 Å². The lowest BCUT2D eigenvalue weighted by Gasteiger charge is -2.13. The summed E-state index contributed by atoms with van der Waals surface area (Å²) in [6.45, 7) is 0.633. The Balaban J connectivity index is 2.15. The van der Waals surface area contributed by atoms with Crippen molar-refractivity contribution in [3.8, 4) is 0 Å². The Morgan fingerprint density at radius 3 is 2.75 bits per heavy atom. The van der Waals surface area contributed by atoms with E-state index in [-0.39, 0.29) is 5.91 Å². The fourth-order valence-electron chi connectivity index (χ4n) is 1.81. The molecule has 1 N–H and O–H groups in total. The molecule has 0 bridgehead atoms. The SMILES string of the molecule is CN(C)C(=O)c1cc(NCc2ccnn2C)ccc1Cl. The molecule has 0 saturated carbocycles. The summed E-state index contributed by atoms with van der Waals surface area (Å²) in [5.41, 5.74) is 2.40. The fourth-order valence-corrected chi connectivity index (χ4v) is 2.01. The highest BCUT2D eigenvalue weighted by Crippen LogP contribution is 2.22. The van der Waals surface area contributed by atoms with Gasteiger partial charge in [0.05, 0.1) is 22.8 Å². The Hall–Kier alpha value is -2.01. The smallest absolute Gasteiger partial charge is 0.254 e. The van der Waals surface area contributed by atoms with Crippen molar-refractivity contribution in [2.24, 2.45) is 7.05 Å². The van der Waals surface area contributed by atoms with Gasteiger partial charge in [-0.05, 0) is 24.3 Å². The summed E-state index contributed by atoms with van der Waals surface area (Å²) in [4.78, 5) is 13.5. The molecule has 6 heteroatoms. The minimum absolute atomic E-state index is 0.112. The average Bonchev–Trinajstić information content (AvgIpc) is 2.82. The van der Waals surface area contributed by atoms with Crippen molar-refractivity contribution in [2.45, 2.75) is 6.54 Å². The van der Waals surface area contributed by atoms with Crippen LogP contribution in [-0.4, -0.2) is 34.7 Å². The molecular formula is C14H17ClN4O. The van der Waals surface area contributed by atoms with Crippen molar-refractivity contribution in [3.05, 3.63) is 46.7 Å². The third-order valence-corrected chi connectivity index (χ3v) is 3.33. The van der Waals surface area contributed by atoms with Crippen LogP contribution >= 0.6 is 11.6 Å². The van der Waals surface area contributed by atoms with Gasteiger partial charge < -0.3 is 10.2 Å². The maximum Gasteiger partial charge on any atom is 0.254 e. The zero-order chi connectivity index (χ0) is 14.7. The van der Waals surface area contributed by atoms with E-state index in [0.717, 1.165) is 11.4 Å². The molecule has 2 rings (SSSR count). The summed E-state index contributed by atoms with van der Waals surface area (Å²) in [6, 6.07) is 7.28. The molecule has 0 fully saturated rings. The maximum absolute atomic E-state index is 12.0. The largest absolute Gasteiger partial charge is 0.379 e. The van der Waals surface area contributed by atoms with Gasteiger partial charge in [0.15, 0.2) is 0 Å². The maximum atomic E-state index is 12.0. The third kappa shape index (κ3) is 3.11. The van der Waals surface area contributed by atoms with Crippen LogP contribution in [0.5, 0.6) is 0 Å². The van der Waals surface area contributed by atoms with Crippen molar-refractivity contribution in [1.29, 1.82) is 0 Å². The first kappa shape index (κ1) is 14.4. The number of halogens is 1. The molecule has 0 aliphatic heterocycles. The van der Waals surface area contributed by atoms with E-state index in [2.05, 4.69) is 10.4 Å². The second-order valence-corrected chi connectivity index (χ2v) is 5.10. The first-order valence-corrected chi connectivity index (χ1v) is 6.59. The van der Waals surface area contributed by atoms with E-state index < -0.39 is 0 Å². The standard InChI is InChI=1S/C14H17ClN4O/c1-18(2)14(20)12-8-10(4-5-13(12)15)16-9-11-6-7-17-19(11)3/h4-8,16H,9H2,1-3H3. The van der Waals surface area contributed by atoms with Gasteiger partial charge in [0.25, 0.3) is 5.91 Å². The number of nitrogens with zero attached hydrogens (tertiary/aromatic N) is 3. The lowest BCUT2D eigenvalue weighted by Crippen LogP contribution is -2.22. The Morgan fingerprint density at radius 2 is 2.15 bits per heavy atom. The minimum atomic E-state index is -0.112. The number of carbonyl (C=O) groups is 1. The summed E-state index contributed by atoms with van der Waals surface area (Å²) in [7, 11) is 5.29. The summed E-state index contributed by atoms with van der Waals surface area (Å²) >= 11 is 6.07. The summed E-state index contributed by atoms with van der Waals surface area (Å²) in [6.07, 6.45) is 1.75. The molecule has 1 heterocycles. The molecular weight excluding hydrogens is 276 g/mol. The van der Waals surface area contributed by atoms with E-state index in [1.807, 2.05) is 19.2 Å². The van der Waals surface area contributed by atoms with E-state index >= 15 is 0 Å². The number of amides is 1. The molecule has 0 saturated heterocycles. The predicted octanol–water partition coefficient (Wildman–Crippen LogP) is 2.39. The van der Waals surface area contributed by atoms with Crippen LogP contribution in [0.15, 0.2) is 30.5 Å².